The van der Waals surface area contributed by atoms with Crippen molar-refractivity contribution in [2.45, 2.75) is 13.2 Å². The maximum atomic E-state index is 13.0. The zero-order valence-corrected chi connectivity index (χ0v) is 11.2. The number of pyridine rings is 1. The summed E-state index contributed by atoms with van der Waals surface area (Å²) in [6, 6.07) is 6.95. The van der Waals surface area contributed by atoms with Gasteiger partial charge in [0, 0.05) is 23.9 Å². The number of nitrogens with zero attached hydrogens (tertiary/aromatic N) is 1. The fraction of sp³-hybridized carbons (Fsp3) is 0.214. The molecule has 0 aliphatic heterocycles. The maximum Gasteiger partial charge on any atom is 0.142 e. The molecule has 2 rings (SSSR count). The average Bonchev–Trinajstić information content (AvgIpc) is 2.38. The second-order valence-electron chi connectivity index (χ2n) is 4.06. The molecule has 100 valence electrons. The van der Waals surface area contributed by atoms with Crippen molar-refractivity contribution in [2.75, 3.05) is 7.05 Å². The van der Waals surface area contributed by atoms with Gasteiger partial charge < -0.3 is 10.1 Å². The zero-order valence-electron chi connectivity index (χ0n) is 10.5. The van der Waals surface area contributed by atoms with Crippen LogP contribution in [-0.4, -0.2) is 12.0 Å². The van der Waals surface area contributed by atoms with E-state index >= 15 is 0 Å². The van der Waals surface area contributed by atoms with E-state index in [9.17, 15) is 4.39 Å². The first kappa shape index (κ1) is 13.8. The van der Waals surface area contributed by atoms with E-state index in [0.29, 0.717) is 22.9 Å². The minimum Gasteiger partial charge on any atom is -0.487 e. The van der Waals surface area contributed by atoms with E-state index < -0.39 is 0 Å². The lowest BCUT2D eigenvalue weighted by Crippen LogP contribution is -2.08. The van der Waals surface area contributed by atoms with Crippen molar-refractivity contribution < 1.29 is 9.13 Å². The van der Waals surface area contributed by atoms with Gasteiger partial charge >= 0.3 is 0 Å². The van der Waals surface area contributed by atoms with Gasteiger partial charge in [-0.05, 0) is 19.2 Å². The lowest BCUT2D eigenvalue weighted by molar-refractivity contribution is 0.301. The van der Waals surface area contributed by atoms with Gasteiger partial charge in [0.15, 0.2) is 0 Å². The Morgan fingerprint density at radius 2 is 2.21 bits per heavy atom. The van der Waals surface area contributed by atoms with Crippen LogP contribution in [0.25, 0.3) is 0 Å². The van der Waals surface area contributed by atoms with Crippen molar-refractivity contribution in [2.24, 2.45) is 0 Å². The van der Waals surface area contributed by atoms with Crippen LogP contribution in [0.3, 0.4) is 0 Å². The van der Waals surface area contributed by atoms with Crippen molar-refractivity contribution >= 4 is 11.6 Å². The molecule has 0 unspecified atom stereocenters. The van der Waals surface area contributed by atoms with Gasteiger partial charge in [-0.2, -0.15) is 0 Å². The molecule has 0 spiro atoms. The maximum absolute atomic E-state index is 13.0. The SMILES string of the molecule is CNCc1cccc(Cl)c1OCc1cncc(F)c1. The van der Waals surface area contributed by atoms with Crippen LogP contribution in [0.1, 0.15) is 11.1 Å². The van der Waals surface area contributed by atoms with Crippen LogP contribution >= 0.6 is 11.6 Å². The smallest absolute Gasteiger partial charge is 0.142 e. The number of hydrogen-bond acceptors (Lipinski definition) is 3. The molecule has 0 bridgehead atoms. The minimum atomic E-state index is -0.379. The van der Waals surface area contributed by atoms with Crippen LogP contribution in [-0.2, 0) is 13.2 Å². The van der Waals surface area contributed by atoms with E-state index in [2.05, 4.69) is 10.3 Å². The fourth-order valence-electron chi connectivity index (χ4n) is 1.74. The van der Waals surface area contributed by atoms with Crippen LogP contribution in [0.2, 0.25) is 5.02 Å². The van der Waals surface area contributed by atoms with Gasteiger partial charge in [0.25, 0.3) is 0 Å². The first-order valence-corrected chi connectivity index (χ1v) is 6.22. The molecule has 0 aliphatic rings. The first-order chi connectivity index (χ1) is 9.20. The molecule has 1 N–H and O–H groups in total. The van der Waals surface area contributed by atoms with Crippen molar-refractivity contribution in [3.8, 4) is 5.75 Å². The molecule has 1 aromatic heterocycles. The van der Waals surface area contributed by atoms with Crippen molar-refractivity contribution in [3.05, 3.63) is 58.6 Å². The Balaban J connectivity index is 2.14. The highest BCUT2D eigenvalue weighted by molar-refractivity contribution is 6.32. The number of para-hydroxylation sites is 1. The predicted molar refractivity (Wildman–Crippen MR) is 72.7 cm³/mol. The van der Waals surface area contributed by atoms with Gasteiger partial charge in [0.2, 0.25) is 0 Å². The molecule has 0 amide bonds. The first-order valence-electron chi connectivity index (χ1n) is 5.85. The van der Waals surface area contributed by atoms with E-state index in [4.69, 9.17) is 16.3 Å². The molecule has 0 aliphatic carbocycles. The number of rotatable bonds is 5. The molecule has 5 heteroatoms. The Morgan fingerprint density at radius 1 is 1.37 bits per heavy atom. The molecule has 3 nitrogen and oxygen atoms in total. The summed E-state index contributed by atoms with van der Waals surface area (Å²) >= 11 is 6.12. The summed E-state index contributed by atoms with van der Waals surface area (Å²) in [6.45, 7) is 0.877. The number of aromatic nitrogens is 1. The standard InChI is InChI=1S/C14H14ClFN2O/c1-17-7-11-3-2-4-13(15)14(11)19-9-10-5-12(16)8-18-6-10/h2-6,8,17H,7,9H2,1H3. The summed E-state index contributed by atoms with van der Waals surface area (Å²) in [5.41, 5.74) is 1.62. The number of benzene rings is 1. The third kappa shape index (κ3) is 3.66. The fourth-order valence-corrected chi connectivity index (χ4v) is 1.98. The molecule has 0 atom stereocenters. The number of halogens is 2. The Labute approximate surface area is 116 Å². The van der Waals surface area contributed by atoms with E-state index in [1.54, 1.807) is 12.3 Å². The third-order valence-corrected chi connectivity index (χ3v) is 2.86. The van der Waals surface area contributed by atoms with Crippen molar-refractivity contribution in [1.29, 1.82) is 0 Å². The van der Waals surface area contributed by atoms with Crippen LogP contribution in [0, 0.1) is 5.82 Å². The predicted octanol–water partition coefficient (Wildman–Crippen LogP) is 3.17. The molecule has 1 aromatic carbocycles. The average molecular weight is 281 g/mol. The number of hydrogen-bond donors (Lipinski definition) is 1. The Bertz CT molecular complexity index is 563. The van der Waals surface area contributed by atoms with Crippen LogP contribution in [0.4, 0.5) is 4.39 Å². The Morgan fingerprint density at radius 3 is 2.95 bits per heavy atom. The summed E-state index contributed by atoms with van der Waals surface area (Å²) in [7, 11) is 1.85. The highest BCUT2D eigenvalue weighted by Gasteiger charge is 2.08. The molecule has 0 saturated carbocycles. The van der Waals surface area contributed by atoms with Gasteiger partial charge in [-0.25, -0.2) is 4.39 Å². The second kappa shape index (κ2) is 6.50. The van der Waals surface area contributed by atoms with Crippen LogP contribution in [0.5, 0.6) is 5.75 Å². The highest BCUT2D eigenvalue weighted by atomic mass is 35.5. The van der Waals surface area contributed by atoms with Crippen LogP contribution < -0.4 is 10.1 Å². The second-order valence-corrected chi connectivity index (χ2v) is 4.47. The normalized spacial score (nSPS) is 10.5. The van der Waals surface area contributed by atoms with Gasteiger partial charge in [-0.3, -0.25) is 4.98 Å². The third-order valence-electron chi connectivity index (χ3n) is 2.56. The number of nitrogens with one attached hydrogen (secondary N) is 1. The summed E-state index contributed by atoms with van der Waals surface area (Å²) in [6.07, 6.45) is 2.73. The summed E-state index contributed by atoms with van der Waals surface area (Å²) < 4.78 is 18.7. The molecular formula is C14H14ClFN2O. The van der Waals surface area contributed by atoms with Gasteiger partial charge in [0.1, 0.15) is 18.2 Å². The molecular weight excluding hydrogens is 267 g/mol. The molecule has 0 radical (unpaired) electrons. The van der Waals surface area contributed by atoms with E-state index in [0.717, 1.165) is 11.8 Å². The summed E-state index contributed by atoms with van der Waals surface area (Å²) in [5, 5.41) is 3.59. The topological polar surface area (TPSA) is 34.1 Å². The van der Waals surface area contributed by atoms with E-state index in [1.165, 1.54) is 6.07 Å². The van der Waals surface area contributed by atoms with Gasteiger partial charge in [-0.15, -0.1) is 0 Å². The minimum absolute atomic E-state index is 0.227. The summed E-state index contributed by atoms with van der Waals surface area (Å²) in [4.78, 5) is 3.78. The monoisotopic (exact) mass is 280 g/mol. The van der Waals surface area contributed by atoms with Crippen molar-refractivity contribution in [3.63, 3.8) is 0 Å². The quantitative estimate of drug-likeness (QED) is 0.913. The summed E-state index contributed by atoms with van der Waals surface area (Å²) in [5.74, 6) is 0.235. The Hall–Kier alpha value is -1.65. The molecule has 1 heterocycles. The number of ether oxygens (including phenoxy) is 1. The van der Waals surface area contributed by atoms with Crippen molar-refractivity contribution in [1.82, 2.24) is 10.3 Å². The lowest BCUT2D eigenvalue weighted by atomic mass is 10.2. The largest absolute Gasteiger partial charge is 0.487 e. The highest BCUT2D eigenvalue weighted by Crippen LogP contribution is 2.29. The molecule has 0 saturated heterocycles. The molecule has 0 fully saturated rings. The lowest BCUT2D eigenvalue weighted by Gasteiger charge is -2.13. The van der Waals surface area contributed by atoms with E-state index in [1.807, 2.05) is 19.2 Å². The van der Waals surface area contributed by atoms with Gasteiger partial charge in [-0.1, -0.05) is 23.7 Å². The zero-order chi connectivity index (χ0) is 13.7. The molecule has 19 heavy (non-hydrogen) atoms. The van der Waals surface area contributed by atoms with Crippen LogP contribution in [0.15, 0.2) is 36.7 Å². The Kier molecular flexibility index (Phi) is 4.71. The van der Waals surface area contributed by atoms with Gasteiger partial charge in [0.05, 0.1) is 11.2 Å². The van der Waals surface area contributed by atoms with E-state index in [-0.39, 0.29) is 12.4 Å². The molecule has 2 aromatic rings.